The van der Waals surface area contributed by atoms with Crippen LogP contribution in [-0.2, 0) is 0 Å². The van der Waals surface area contributed by atoms with E-state index >= 15 is 0 Å². The van der Waals surface area contributed by atoms with Gasteiger partial charge in [0.05, 0.1) is 30.0 Å². The largest absolute Gasteiger partial charge is 0.493 e. The fraction of sp³-hybridized carbons (Fsp3) is 0.125. The van der Waals surface area contributed by atoms with Crippen LogP contribution in [0.25, 0.3) is 10.9 Å². The van der Waals surface area contributed by atoms with Crippen LogP contribution in [0.3, 0.4) is 0 Å². The molecule has 23 heavy (non-hydrogen) atoms. The molecular formula is C16H13Cl2N3O2. The van der Waals surface area contributed by atoms with Crippen LogP contribution in [-0.4, -0.2) is 24.2 Å². The maximum absolute atomic E-state index is 6.22. The molecule has 0 aliphatic heterocycles. The zero-order chi connectivity index (χ0) is 16.4. The Bertz CT molecular complexity index is 871. The molecule has 3 aromatic rings. The van der Waals surface area contributed by atoms with Crippen molar-refractivity contribution in [1.82, 2.24) is 9.97 Å². The summed E-state index contributed by atoms with van der Waals surface area (Å²) >= 11 is 12.3. The molecule has 0 bridgehead atoms. The Labute approximate surface area is 143 Å². The highest BCUT2D eigenvalue weighted by Crippen LogP contribution is 2.38. The Morgan fingerprint density at radius 3 is 2.57 bits per heavy atom. The van der Waals surface area contributed by atoms with E-state index in [4.69, 9.17) is 32.7 Å². The van der Waals surface area contributed by atoms with Crippen LogP contribution in [0.2, 0.25) is 10.0 Å². The van der Waals surface area contributed by atoms with Crippen LogP contribution in [0.1, 0.15) is 0 Å². The van der Waals surface area contributed by atoms with Crippen LogP contribution in [0.4, 0.5) is 11.5 Å². The zero-order valence-electron chi connectivity index (χ0n) is 12.4. The van der Waals surface area contributed by atoms with E-state index in [0.717, 1.165) is 5.39 Å². The predicted molar refractivity (Wildman–Crippen MR) is 92.4 cm³/mol. The molecule has 1 aromatic heterocycles. The summed E-state index contributed by atoms with van der Waals surface area (Å²) < 4.78 is 10.7. The first-order valence-corrected chi connectivity index (χ1v) is 7.48. The number of ether oxygens (including phenoxy) is 2. The molecule has 0 radical (unpaired) electrons. The zero-order valence-corrected chi connectivity index (χ0v) is 13.9. The highest BCUT2D eigenvalue weighted by molar-refractivity contribution is 6.43. The lowest BCUT2D eigenvalue weighted by Crippen LogP contribution is -1.99. The summed E-state index contributed by atoms with van der Waals surface area (Å²) in [5.41, 5.74) is 1.30. The summed E-state index contributed by atoms with van der Waals surface area (Å²) in [6.07, 6.45) is 1.45. The molecule has 0 aliphatic carbocycles. The van der Waals surface area contributed by atoms with E-state index in [9.17, 15) is 0 Å². The molecule has 2 aromatic carbocycles. The number of anilines is 2. The Balaban J connectivity index is 2.13. The van der Waals surface area contributed by atoms with Gasteiger partial charge >= 0.3 is 0 Å². The maximum atomic E-state index is 6.22. The van der Waals surface area contributed by atoms with Gasteiger partial charge in [0.2, 0.25) is 0 Å². The quantitative estimate of drug-likeness (QED) is 0.739. The second-order valence-corrected chi connectivity index (χ2v) is 5.43. The van der Waals surface area contributed by atoms with Crippen LogP contribution in [0, 0.1) is 0 Å². The van der Waals surface area contributed by atoms with Gasteiger partial charge in [0.1, 0.15) is 17.7 Å². The molecule has 0 unspecified atom stereocenters. The number of methoxy groups -OCH3 is 2. The molecular weight excluding hydrogens is 337 g/mol. The third-order valence-electron chi connectivity index (χ3n) is 3.35. The average molecular weight is 350 g/mol. The van der Waals surface area contributed by atoms with Gasteiger partial charge in [-0.05, 0) is 24.3 Å². The van der Waals surface area contributed by atoms with Crippen LogP contribution < -0.4 is 14.8 Å². The van der Waals surface area contributed by atoms with E-state index in [1.807, 2.05) is 18.2 Å². The third-order valence-corrected chi connectivity index (χ3v) is 4.17. The van der Waals surface area contributed by atoms with Crippen molar-refractivity contribution in [3.8, 4) is 11.5 Å². The van der Waals surface area contributed by atoms with E-state index in [-0.39, 0.29) is 0 Å². The predicted octanol–water partition coefficient (Wildman–Crippen LogP) is 4.70. The van der Waals surface area contributed by atoms with Crippen LogP contribution >= 0.6 is 23.2 Å². The number of hydrogen-bond donors (Lipinski definition) is 1. The van der Waals surface area contributed by atoms with Crippen molar-refractivity contribution in [3.05, 3.63) is 46.7 Å². The number of aromatic nitrogens is 2. The van der Waals surface area contributed by atoms with Crippen LogP contribution in [0.5, 0.6) is 11.5 Å². The second-order valence-electron chi connectivity index (χ2n) is 4.65. The molecule has 0 fully saturated rings. The number of benzene rings is 2. The number of nitrogens with zero attached hydrogens (tertiary/aromatic N) is 2. The normalized spacial score (nSPS) is 10.6. The van der Waals surface area contributed by atoms with E-state index in [2.05, 4.69) is 15.3 Å². The summed E-state index contributed by atoms with van der Waals surface area (Å²) in [5.74, 6) is 1.75. The maximum Gasteiger partial charge on any atom is 0.187 e. The van der Waals surface area contributed by atoms with E-state index in [1.165, 1.54) is 6.33 Å². The fourth-order valence-electron chi connectivity index (χ4n) is 2.27. The average Bonchev–Trinajstić information content (AvgIpc) is 2.58. The molecule has 1 N–H and O–H groups in total. The van der Waals surface area contributed by atoms with Gasteiger partial charge in [-0.3, -0.25) is 0 Å². The molecule has 118 valence electrons. The number of fused-ring (bicyclic) bond motifs is 1. The molecule has 3 rings (SSSR count). The number of hydrogen-bond acceptors (Lipinski definition) is 5. The van der Waals surface area contributed by atoms with Gasteiger partial charge in [0.15, 0.2) is 11.5 Å². The lowest BCUT2D eigenvalue weighted by Gasteiger charge is -2.13. The smallest absolute Gasteiger partial charge is 0.187 e. The first-order valence-electron chi connectivity index (χ1n) is 6.72. The molecule has 0 saturated carbocycles. The van der Waals surface area contributed by atoms with Gasteiger partial charge in [-0.1, -0.05) is 29.3 Å². The van der Waals surface area contributed by atoms with Gasteiger partial charge in [-0.25, -0.2) is 9.97 Å². The van der Waals surface area contributed by atoms with E-state index in [1.54, 1.807) is 26.4 Å². The van der Waals surface area contributed by atoms with Crippen LogP contribution in [0.15, 0.2) is 36.7 Å². The standard InChI is InChI=1S/C16H13Cl2N3O2/c1-22-12-7-6-9-14(15(12)23-2)19-8-20-16(9)21-11-5-3-4-10(17)13(11)18/h3-8H,1-2H3,(H,19,20,21). The summed E-state index contributed by atoms with van der Waals surface area (Å²) in [6, 6.07) is 9.01. The molecule has 0 saturated heterocycles. The first kappa shape index (κ1) is 15.6. The van der Waals surface area contributed by atoms with Crippen molar-refractivity contribution in [3.63, 3.8) is 0 Å². The van der Waals surface area contributed by atoms with Crippen molar-refractivity contribution in [2.45, 2.75) is 0 Å². The minimum absolute atomic E-state index is 0.432. The molecule has 5 nitrogen and oxygen atoms in total. The minimum atomic E-state index is 0.432. The Kier molecular flexibility index (Phi) is 4.41. The van der Waals surface area contributed by atoms with Crippen molar-refractivity contribution in [1.29, 1.82) is 0 Å². The SMILES string of the molecule is COc1ccc2c(Nc3cccc(Cl)c3Cl)ncnc2c1OC. The van der Waals surface area contributed by atoms with Gasteiger partial charge < -0.3 is 14.8 Å². The highest BCUT2D eigenvalue weighted by atomic mass is 35.5. The first-order chi connectivity index (χ1) is 11.2. The summed E-state index contributed by atoms with van der Waals surface area (Å²) in [5, 5.41) is 4.86. The van der Waals surface area contributed by atoms with Crippen molar-refractivity contribution in [2.24, 2.45) is 0 Å². The number of halogens is 2. The van der Waals surface area contributed by atoms with Gasteiger partial charge in [-0.2, -0.15) is 0 Å². The monoisotopic (exact) mass is 349 g/mol. The van der Waals surface area contributed by atoms with E-state index in [0.29, 0.717) is 38.6 Å². The van der Waals surface area contributed by atoms with Crippen molar-refractivity contribution in [2.75, 3.05) is 19.5 Å². The van der Waals surface area contributed by atoms with Crippen molar-refractivity contribution < 1.29 is 9.47 Å². The van der Waals surface area contributed by atoms with Gasteiger partial charge in [-0.15, -0.1) is 0 Å². The highest BCUT2D eigenvalue weighted by Gasteiger charge is 2.14. The fourth-order valence-corrected chi connectivity index (χ4v) is 2.62. The molecule has 1 heterocycles. The van der Waals surface area contributed by atoms with Crippen molar-refractivity contribution >= 4 is 45.6 Å². The van der Waals surface area contributed by atoms with Gasteiger partial charge in [0, 0.05) is 5.39 Å². The summed E-state index contributed by atoms with van der Waals surface area (Å²) in [7, 11) is 3.15. The molecule has 0 amide bonds. The molecule has 7 heteroatoms. The molecule has 0 aliphatic rings. The Morgan fingerprint density at radius 2 is 1.83 bits per heavy atom. The molecule has 0 spiro atoms. The van der Waals surface area contributed by atoms with E-state index < -0.39 is 0 Å². The summed E-state index contributed by atoms with van der Waals surface area (Å²) in [6.45, 7) is 0. The Hall–Kier alpha value is -2.24. The summed E-state index contributed by atoms with van der Waals surface area (Å²) in [4.78, 5) is 8.57. The number of rotatable bonds is 4. The Morgan fingerprint density at radius 1 is 1.00 bits per heavy atom. The topological polar surface area (TPSA) is 56.3 Å². The minimum Gasteiger partial charge on any atom is -0.493 e. The van der Waals surface area contributed by atoms with Gasteiger partial charge in [0.25, 0.3) is 0 Å². The second kappa shape index (κ2) is 6.48. The lowest BCUT2D eigenvalue weighted by atomic mass is 10.2. The number of nitrogens with one attached hydrogen (secondary N) is 1. The lowest BCUT2D eigenvalue weighted by molar-refractivity contribution is 0.358. The molecule has 0 atom stereocenters. The third kappa shape index (κ3) is 2.85.